The number of hydrogen-bond donors (Lipinski definition) is 8. The number of aliphatic hydroxyl groups excluding tert-OH is 6. The number of aromatic nitrogens is 8. The van der Waals surface area contributed by atoms with Gasteiger partial charge in [-0.05, 0) is 0 Å². The fourth-order valence-electron chi connectivity index (χ4n) is 4.64. The first kappa shape index (κ1) is 26.1. The molecular formula is C20H24N10O8Se. The number of fused-ring (bicyclic) bond motifs is 2. The molecule has 0 saturated carbocycles. The third-order valence-corrected chi connectivity index (χ3v) is 8.60. The van der Waals surface area contributed by atoms with Crippen molar-refractivity contribution in [3.8, 4) is 0 Å². The van der Waals surface area contributed by atoms with Crippen LogP contribution in [0.4, 0.5) is 11.9 Å². The van der Waals surface area contributed by atoms with Gasteiger partial charge < -0.3 is 0 Å². The summed E-state index contributed by atoms with van der Waals surface area (Å²) in [6.45, 7) is -0.986. The van der Waals surface area contributed by atoms with Gasteiger partial charge in [0.25, 0.3) is 0 Å². The van der Waals surface area contributed by atoms with E-state index in [1.54, 1.807) is 0 Å². The number of rotatable bonds is 6. The summed E-state index contributed by atoms with van der Waals surface area (Å²) in [5, 5.41) is 60.1. The maximum absolute atomic E-state index is 10.5. The van der Waals surface area contributed by atoms with Crippen LogP contribution >= 0.6 is 0 Å². The molecule has 0 unspecified atom stereocenters. The molecule has 208 valence electrons. The standard InChI is InChI=1S/C20H24N10O8Se/c21-19-25-13-7(23-3-29(13)17-11(35)9(33)5(1-31)37-17)15(27-19)39-16-8-14(26-20(22)28-16)30(4-24-8)18-12(36)10(34)6(2-32)38-18/h3-6,9-12,17-18,31-36H,1-2H2,(H2,21,25,27)(H2,22,26,28)/t5-,6-,9-,10-,11-,12-,17-,18-/m1/s1. The van der Waals surface area contributed by atoms with Crippen molar-refractivity contribution in [1.29, 1.82) is 0 Å². The number of aliphatic hydroxyl groups is 6. The molecule has 0 aromatic carbocycles. The van der Waals surface area contributed by atoms with Crippen LogP contribution in [0.5, 0.6) is 0 Å². The molecule has 18 nitrogen and oxygen atoms in total. The first-order chi connectivity index (χ1) is 18.7. The van der Waals surface area contributed by atoms with Gasteiger partial charge in [0, 0.05) is 0 Å². The van der Waals surface area contributed by atoms with Gasteiger partial charge in [-0.1, -0.05) is 0 Å². The fourth-order valence-corrected chi connectivity index (χ4v) is 6.62. The van der Waals surface area contributed by atoms with Gasteiger partial charge in [-0.3, -0.25) is 0 Å². The molecule has 0 aliphatic carbocycles. The zero-order valence-corrected chi connectivity index (χ0v) is 21.5. The molecule has 4 aromatic heterocycles. The van der Waals surface area contributed by atoms with Gasteiger partial charge in [-0.15, -0.1) is 0 Å². The molecular weight excluding hydrogens is 587 g/mol. The second kappa shape index (κ2) is 9.82. The van der Waals surface area contributed by atoms with E-state index < -0.39 is 77.3 Å². The Morgan fingerprint density at radius 3 is 1.46 bits per heavy atom. The summed E-state index contributed by atoms with van der Waals surface area (Å²) < 4.78 is 14.8. The van der Waals surface area contributed by atoms with Crippen molar-refractivity contribution < 1.29 is 40.1 Å². The van der Waals surface area contributed by atoms with E-state index in [0.29, 0.717) is 20.2 Å². The van der Waals surface area contributed by atoms with E-state index in [9.17, 15) is 30.6 Å². The monoisotopic (exact) mass is 612 g/mol. The fraction of sp³-hybridized carbons (Fsp3) is 0.500. The molecule has 0 bridgehead atoms. The third-order valence-electron chi connectivity index (χ3n) is 6.59. The van der Waals surface area contributed by atoms with Crippen LogP contribution in [0.15, 0.2) is 12.7 Å². The molecule has 2 fully saturated rings. The van der Waals surface area contributed by atoms with Crippen LogP contribution in [0.3, 0.4) is 0 Å². The number of anilines is 2. The molecule has 2 aliphatic heterocycles. The van der Waals surface area contributed by atoms with Crippen molar-refractivity contribution in [1.82, 2.24) is 39.0 Å². The van der Waals surface area contributed by atoms with Gasteiger partial charge in [0.05, 0.1) is 0 Å². The van der Waals surface area contributed by atoms with Crippen LogP contribution in [0.1, 0.15) is 12.5 Å². The first-order valence-corrected chi connectivity index (χ1v) is 13.4. The van der Waals surface area contributed by atoms with Gasteiger partial charge >= 0.3 is 224 Å². The summed E-state index contributed by atoms with van der Waals surface area (Å²) in [7, 11) is 0. The Bertz CT molecular complexity index is 1420. The van der Waals surface area contributed by atoms with Crippen molar-refractivity contribution in [3.63, 3.8) is 0 Å². The van der Waals surface area contributed by atoms with E-state index >= 15 is 0 Å². The zero-order valence-electron chi connectivity index (χ0n) is 19.8. The van der Waals surface area contributed by atoms with Crippen molar-refractivity contribution >= 4 is 58.4 Å². The van der Waals surface area contributed by atoms with Gasteiger partial charge in [0.15, 0.2) is 0 Å². The minimum atomic E-state index is -1.35. The van der Waals surface area contributed by atoms with Crippen molar-refractivity contribution in [3.05, 3.63) is 12.7 Å². The van der Waals surface area contributed by atoms with Gasteiger partial charge in [-0.2, -0.15) is 0 Å². The molecule has 8 atom stereocenters. The summed E-state index contributed by atoms with van der Waals surface area (Å²) in [4.78, 5) is 25.9. The summed E-state index contributed by atoms with van der Waals surface area (Å²) >= 11 is -0.715. The summed E-state index contributed by atoms with van der Waals surface area (Å²) in [5.74, 6) is -0.189. The molecule has 4 aromatic rings. The summed E-state index contributed by atoms with van der Waals surface area (Å²) in [6, 6.07) is 0. The predicted octanol–water partition coefficient (Wildman–Crippen LogP) is -5.99. The van der Waals surface area contributed by atoms with Crippen LogP contribution in [-0.4, -0.2) is 134 Å². The van der Waals surface area contributed by atoms with Crippen LogP contribution in [0.25, 0.3) is 22.3 Å². The van der Waals surface area contributed by atoms with E-state index in [4.69, 9.17) is 20.9 Å². The van der Waals surface area contributed by atoms with Crippen molar-refractivity contribution in [2.45, 2.75) is 49.1 Å². The number of nitrogens with two attached hydrogens (primary N) is 2. The maximum atomic E-state index is 10.5. The second-order valence-corrected chi connectivity index (χ2v) is 11.0. The SMILES string of the molecule is Nc1nc([Se]c2nc(N)nc3c2ncn3[C@@H]2O[C@H](CO)[C@@H](O)[C@H]2O)c2ncn([C@@H]3O[C@H](CO)[C@@H](O)[C@H]3O)c2n1. The molecule has 0 radical (unpaired) electrons. The first-order valence-electron chi connectivity index (χ1n) is 11.6. The van der Waals surface area contributed by atoms with Crippen LogP contribution in [0.2, 0.25) is 0 Å². The summed E-state index contributed by atoms with van der Waals surface area (Å²) in [6.07, 6.45) is -6.76. The Hall–Kier alpha value is -3.10. The molecule has 2 saturated heterocycles. The zero-order chi connectivity index (χ0) is 27.6. The molecule has 19 heteroatoms. The molecule has 39 heavy (non-hydrogen) atoms. The topological polar surface area (TPSA) is 279 Å². The van der Waals surface area contributed by atoms with Gasteiger partial charge in [0.2, 0.25) is 0 Å². The Morgan fingerprint density at radius 1 is 0.692 bits per heavy atom. The van der Waals surface area contributed by atoms with E-state index in [0.717, 1.165) is 0 Å². The van der Waals surface area contributed by atoms with Crippen molar-refractivity contribution in [2.75, 3.05) is 24.7 Å². The number of ether oxygens (including phenoxy) is 2. The quantitative estimate of drug-likeness (QED) is 0.0942. The van der Waals surface area contributed by atoms with E-state index in [-0.39, 0.29) is 23.2 Å². The summed E-state index contributed by atoms with van der Waals surface area (Å²) in [5.41, 5.74) is 13.1. The molecule has 10 N–H and O–H groups in total. The molecule has 6 rings (SSSR count). The van der Waals surface area contributed by atoms with E-state index in [1.165, 1.54) is 21.8 Å². The molecule has 6 heterocycles. The average molecular weight is 611 g/mol. The molecule has 2 aliphatic rings. The molecule has 0 amide bonds. The van der Waals surface area contributed by atoms with E-state index in [2.05, 4.69) is 29.9 Å². The van der Waals surface area contributed by atoms with Crippen LogP contribution < -0.4 is 20.7 Å². The van der Waals surface area contributed by atoms with Gasteiger partial charge in [0.1, 0.15) is 0 Å². The second-order valence-electron chi connectivity index (χ2n) is 8.98. The van der Waals surface area contributed by atoms with Crippen molar-refractivity contribution in [2.24, 2.45) is 0 Å². The third kappa shape index (κ3) is 4.19. The minimum absolute atomic E-state index is 0.0943. The number of imidazole rings is 2. The van der Waals surface area contributed by atoms with Crippen LogP contribution in [0, 0.1) is 0 Å². The molecule has 0 spiro atoms. The Labute approximate surface area is 224 Å². The number of nitrogen functional groups attached to an aromatic ring is 2. The average Bonchev–Trinajstić information content (AvgIpc) is 3.65. The Kier molecular flexibility index (Phi) is 6.58. The van der Waals surface area contributed by atoms with E-state index in [1.807, 2.05) is 0 Å². The normalized spacial score (nSPS) is 31.1. The Balaban J connectivity index is 1.38. The van der Waals surface area contributed by atoms with Crippen LogP contribution in [-0.2, 0) is 9.47 Å². The Morgan fingerprint density at radius 2 is 1.10 bits per heavy atom. The number of hydrogen-bond acceptors (Lipinski definition) is 16. The number of nitrogens with zero attached hydrogens (tertiary/aromatic N) is 8. The predicted molar refractivity (Wildman–Crippen MR) is 131 cm³/mol. The van der Waals surface area contributed by atoms with Gasteiger partial charge in [-0.25, -0.2) is 0 Å².